The van der Waals surface area contributed by atoms with Gasteiger partial charge < -0.3 is 29.9 Å². The number of unbranched alkanes of at least 4 members (excludes halogenated alkanes) is 1. The molecule has 1 aliphatic heterocycles. The van der Waals surface area contributed by atoms with Crippen LogP contribution in [-0.4, -0.2) is 64.3 Å². The molecule has 2 unspecified atom stereocenters. The van der Waals surface area contributed by atoms with Crippen LogP contribution >= 0.6 is 0 Å². The van der Waals surface area contributed by atoms with E-state index in [0.717, 1.165) is 31.1 Å². The van der Waals surface area contributed by atoms with Crippen LogP contribution in [0.15, 0.2) is 11.6 Å². The van der Waals surface area contributed by atoms with E-state index in [4.69, 9.17) is 9.47 Å². The summed E-state index contributed by atoms with van der Waals surface area (Å²) in [6, 6.07) is 0. The van der Waals surface area contributed by atoms with Crippen molar-refractivity contribution < 1.29 is 29.9 Å². The van der Waals surface area contributed by atoms with Gasteiger partial charge in [0.1, 0.15) is 24.4 Å². The molecular weight excluding hydrogens is 372 g/mol. The molecule has 0 aromatic heterocycles. The number of aliphatic hydroxyl groups excluding tert-OH is 4. The predicted molar refractivity (Wildman–Crippen MR) is 114 cm³/mol. The van der Waals surface area contributed by atoms with E-state index in [1.165, 1.54) is 37.7 Å². The Labute approximate surface area is 176 Å². The molecule has 0 saturated carbocycles. The maximum Gasteiger partial charge on any atom is 0.186 e. The van der Waals surface area contributed by atoms with Crippen LogP contribution in [0.5, 0.6) is 0 Å². The van der Waals surface area contributed by atoms with Crippen molar-refractivity contribution in [3.63, 3.8) is 0 Å². The zero-order valence-electron chi connectivity index (χ0n) is 18.8. The second-order valence-corrected chi connectivity index (χ2v) is 9.08. The van der Waals surface area contributed by atoms with E-state index in [9.17, 15) is 20.4 Å². The SMILES string of the molecule is CC(=CCCCOC1O[C@H](CO)[C@@H](O)[C@H](O)[C@H]1O)CCCC(C)CCCC(C)C. The predicted octanol–water partition coefficient (Wildman–Crippen LogP) is 3.16. The van der Waals surface area contributed by atoms with Crippen LogP contribution in [0.2, 0.25) is 0 Å². The molecule has 0 radical (unpaired) electrons. The molecule has 4 N–H and O–H groups in total. The highest BCUT2D eigenvalue weighted by atomic mass is 16.7. The molecule has 6 heteroatoms. The second kappa shape index (κ2) is 14.5. The summed E-state index contributed by atoms with van der Waals surface area (Å²) in [4.78, 5) is 0. The molecule has 0 spiro atoms. The number of ether oxygens (including phenoxy) is 2. The Hall–Kier alpha value is -0.500. The van der Waals surface area contributed by atoms with Gasteiger partial charge in [0.25, 0.3) is 0 Å². The second-order valence-electron chi connectivity index (χ2n) is 9.08. The van der Waals surface area contributed by atoms with Gasteiger partial charge in [0, 0.05) is 0 Å². The lowest BCUT2D eigenvalue weighted by Crippen LogP contribution is -2.59. The van der Waals surface area contributed by atoms with Crippen molar-refractivity contribution in [3.05, 3.63) is 11.6 Å². The van der Waals surface area contributed by atoms with Crippen molar-refractivity contribution in [1.29, 1.82) is 0 Å². The van der Waals surface area contributed by atoms with Crippen molar-refractivity contribution in [2.45, 2.75) is 110 Å². The van der Waals surface area contributed by atoms with E-state index in [1.807, 2.05) is 0 Å². The van der Waals surface area contributed by atoms with Crippen molar-refractivity contribution >= 4 is 0 Å². The van der Waals surface area contributed by atoms with Crippen molar-refractivity contribution in [2.75, 3.05) is 13.2 Å². The summed E-state index contributed by atoms with van der Waals surface area (Å²) in [5, 5.41) is 38.6. The number of hydrogen-bond donors (Lipinski definition) is 4. The van der Waals surface area contributed by atoms with E-state index >= 15 is 0 Å². The third-order valence-corrected chi connectivity index (χ3v) is 5.72. The summed E-state index contributed by atoms with van der Waals surface area (Å²) >= 11 is 0. The van der Waals surface area contributed by atoms with Crippen molar-refractivity contribution in [2.24, 2.45) is 11.8 Å². The lowest BCUT2D eigenvalue weighted by molar-refractivity contribution is -0.301. The molecule has 1 heterocycles. The Morgan fingerprint density at radius 1 is 0.966 bits per heavy atom. The highest BCUT2D eigenvalue weighted by molar-refractivity contribution is 4.97. The molecule has 6 atom stereocenters. The minimum atomic E-state index is -1.39. The Kier molecular flexibility index (Phi) is 13.3. The minimum Gasteiger partial charge on any atom is -0.394 e. The monoisotopic (exact) mass is 416 g/mol. The van der Waals surface area contributed by atoms with Crippen molar-refractivity contribution in [3.8, 4) is 0 Å². The molecule has 1 aliphatic rings. The fourth-order valence-corrected chi connectivity index (χ4v) is 3.69. The molecule has 0 aromatic carbocycles. The van der Waals surface area contributed by atoms with E-state index in [0.29, 0.717) is 6.61 Å². The minimum absolute atomic E-state index is 0.374. The summed E-state index contributed by atoms with van der Waals surface area (Å²) in [6.45, 7) is 9.03. The maximum absolute atomic E-state index is 9.94. The Morgan fingerprint density at radius 2 is 1.66 bits per heavy atom. The molecule has 0 aromatic rings. The first kappa shape index (κ1) is 26.5. The molecule has 0 aliphatic carbocycles. The van der Waals surface area contributed by atoms with Gasteiger partial charge in [-0.25, -0.2) is 0 Å². The molecular formula is C23H44O6. The van der Waals surface area contributed by atoms with Gasteiger partial charge in [-0.05, 0) is 44.4 Å². The van der Waals surface area contributed by atoms with Gasteiger partial charge in [0.15, 0.2) is 6.29 Å². The molecule has 1 rings (SSSR count). The van der Waals surface area contributed by atoms with Crippen LogP contribution in [0.3, 0.4) is 0 Å². The normalized spacial score (nSPS) is 29.4. The summed E-state index contributed by atoms with van der Waals surface area (Å²) < 4.78 is 10.8. The zero-order chi connectivity index (χ0) is 21.8. The lowest BCUT2D eigenvalue weighted by Gasteiger charge is -2.39. The van der Waals surface area contributed by atoms with E-state index in [1.54, 1.807) is 0 Å². The maximum atomic E-state index is 9.94. The molecule has 6 nitrogen and oxygen atoms in total. The standard InChI is InChI=1S/C23H44O6/c1-16(2)9-7-11-18(4)13-8-12-17(3)10-5-6-14-28-23-22(27)21(26)20(25)19(15-24)29-23/h10,16,18-27H,5-9,11-15H2,1-4H3/t18?,19-,20-,21+,22-,23?/m1/s1. The van der Waals surface area contributed by atoms with Gasteiger partial charge in [0.2, 0.25) is 0 Å². The van der Waals surface area contributed by atoms with Crippen LogP contribution in [-0.2, 0) is 9.47 Å². The van der Waals surface area contributed by atoms with Crippen LogP contribution in [0, 0.1) is 11.8 Å². The Bertz CT molecular complexity index is 451. The summed E-state index contributed by atoms with van der Waals surface area (Å²) in [5.74, 6) is 1.60. The quantitative estimate of drug-likeness (QED) is 0.256. The number of aliphatic hydroxyl groups is 4. The van der Waals surface area contributed by atoms with Crippen LogP contribution < -0.4 is 0 Å². The fourth-order valence-electron chi connectivity index (χ4n) is 3.69. The highest BCUT2D eigenvalue weighted by Gasteiger charge is 2.43. The third-order valence-electron chi connectivity index (χ3n) is 5.72. The van der Waals surface area contributed by atoms with Gasteiger partial charge in [-0.1, -0.05) is 58.1 Å². The zero-order valence-corrected chi connectivity index (χ0v) is 18.8. The van der Waals surface area contributed by atoms with Gasteiger partial charge in [-0.2, -0.15) is 0 Å². The smallest absolute Gasteiger partial charge is 0.186 e. The lowest BCUT2D eigenvalue weighted by atomic mass is 9.94. The first-order valence-electron chi connectivity index (χ1n) is 11.3. The summed E-state index contributed by atoms with van der Waals surface area (Å²) in [7, 11) is 0. The van der Waals surface area contributed by atoms with Crippen molar-refractivity contribution in [1.82, 2.24) is 0 Å². The first-order chi connectivity index (χ1) is 13.8. The average Bonchev–Trinajstić information content (AvgIpc) is 2.67. The van der Waals surface area contributed by atoms with Gasteiger partial charge >= 0.3 is 0 Å². The number of allylic oxidation sites excluding steroid dienone is 2. The number of rotatable bonds is 14. The third kappa shape index (κ3) is 10.4. The molecule has 0 amide bonds. The van der Waals surface area contributed by atoms with E-state index in [2.05, 4.69) is 33.8 Å². The molecule has 172 valence electrons. The van der Waals surface area contributed by atoms with Gasteiger partial charge in [0.05, 0.1) is 13.2 Å². The van der Waals surface area contributed by atoms with E-state index in [-0.39, 0.29) is 0 Å². The molecule has 0 bridgehead atoms. The van der Waals surface area contributed by atoms with Crippen LogP contribution in [0.1, 0.15) is 79.1 Å². The molecule has 1 saturated heterocycles. The van der Waals surface area contributed by atoms with Crippen LogP contribution in [0.4, 0.5) is 0 Å². The summed E-state index contributed by atoms with van der Waals surface area (Å²) in [6.07, 6.45) is 5.50. The molecule has 1 fully saturated rings. The largest absolute Gasteiger partial charge is 0.394 e. The Morgan fingerprint density at radius 3 is 2.31 bits per heavy atom. The average molecular weight is 417 g/mol. The van der Waals surface area contributed by atoms with Gasteiger partial charge in [-0.3, -0.25) is 0 Å². The van der Waals surface area contributed by atoms with Crippen LogP contribution in [0.25, 0.3) is 0 Å². The van der Waals surface area contributed by atoms with Gasteiger partial charge in [-0.15, -0.1) is 0 Å². The van der Waals surface area contributed by atoms with E-state index < -0.39 is 37.3 Å². The highest BCUT2D eigenvalue weighted by Crippen LogP contribution is 2.22. The fraction of sp³-hybridized carbons (Fsp3) is 0.913. The summed E-state index contributed by atoms with van der Waals surface area (Å²) in [5.41, 5.74) is 1.40. The first-order valence-corrected chi connectivity index (χ1v) is 11.3. The number of hydrogen-bond acceptors (Lipinski definition) is 6. The Balaban J connectivity index is 2.15. The topological polar surface area (TPSA) is 99.4 Å². The molecule has 29 heavy (non-hydrogen) atoms.